The average Bonchev–Trinajstić information content (AvgIpc) is 3.00. The Labute approximate surface area is 278 Å². The summed E-state index contributed by atoms with van der Waals surface area (Å²) in [4.78, 5) is 27.6. The van der Waals surface area contributed by atoms with E-state index in [-0.39, 0.29) is 17.1 Å². The largest absolute Gasteiger partial charge is 0.490 e. The third-order valence-corrected chi connectivity index (χ3v) is 8.23. The molecule has 10 heteroatoms. The predicted molar refractivity (Wildman–Crippen MR) is 182 cm³/mol. The first-order chi connectivity index (χ1) is 22.1. The number of halogens is 1. The van der Waals surface area contributed by atoms with Crippen LogP contribution in [-0.2, 0) is 14.3 Å². The molecule has 0 unspecified atom stereocenters. The van der Waals surface area contributed by atoms with Crippen LogP contribution in [0.2, 0.25) is 0 Å². The van der Waals surface area contributed by atoms with Crippen molar-refractivity contribution in [2.75, 3.05) is 43.1 Å². The zero-order valence-electron chi connectivity index (χ0n) is 29.2. The van der Waals surface area contributed by atoms with Gasteiger partial charge in [-0.3, -0.25) is 9.97 Å². The maximum atomic E-state index is 13.7. The normalized spacial score (nSPS) is 15.2. The van der Waals surface area contributed by atoms with Gasteiger partial charge >= 0.3 is 5.97 Å². The second kappa shape index (κ2) is 14.7. The quantitative estimate of drug-likeness (QED) is 0.197. The van der Waals surface area contributed by atoms with E-state index in [0.29, 0.717) is 30.2 Å². The molecule has 47 heavy (non-hydrogen) atoms. The highest BCUT2D eigenvalue weighted by atomic mass is 19.1. The first-order valence-electron chi connectivity index (χ1n) is 16.2. The number of carbonyl (C=O) groups excluding carboxylic acids is 1. The Balaban J connectivity index is 1.68. The van der Waals surface area contributed by atoms with Crippen molar-refractivity contribution in [2.45, 2.75) is 86.0 Å². The summed E-state index contributed by atoms with van der Waals surface area (Å²) in [6.07, 6.45) is 4.37. The number of benzene rings is 1. The zero-order valence-corrected chi connectivity index (χ0v) is 29.2. The maximum absolute atomic E-state index is 13.7. The Morgan fingerprint density at radius 3 is 2.43 bits per heavy atom. The summed E-state index contributed by atoms with van der Waals surface area (Å²) >= 11 is 0. The fourth-order valence-electron chi connectivity index (χ4n) is 5.57. The molecule has 3 aromatic rings. The van der Waals surface area contributed by atoms with E-state index in [1.807, 2.05) is 77.9 Å². The molecule has 2 aromatic heterocycles. The lowest BCUT2D eigenvalue weighted by atomic mass is 9.82. The molecule has 0 amide bonds. The molecule has 4 rings (SSSR count). The number of hydrogen-bond acceptors (Lipinski definition) is 9. The van der Waals surface area contributed by atoms with Crippen LogP contribution in [0.4, 0.5) is 15.8 Å². The van der Waals surface area contributed by atoms with E-state index in [2.05, 4.69) is 18.7 Å². The number of anilines is 2. The minimum Gasteiger partial charge on any atom is -0.490 e. The second-order valence-electron chi connectivity index (χ2n) is 14.2. The number of ether oxygens (including phenoxy) is 3. The lowest BCUT2D eigenvalue weighted by Gasteiger charge is -2.41. The first-order valence-corrected chi connectivity index (χ1v) is 16.2. The number of nitrogens with zero attached hydrogens (tertiary/aromatic N) is 5. The van der Waals surface area contributed by atoms with E-state index in [1.165, 1.54) is 12.1 Å². The van der Waals surface area contributed by atoms with Crippen molar-refractivity contribution >= 4 is 17.3 Å². The van der Waals surface area contributed by atoms with Gasteiger partial charge in [-0.1, -0.05) is 13.8 Å². The highest BCUT2D eigenvalue weighted by Crippen LogP contribution is 2.43. The van der Waals surface area contributed by atoms with Gasteiger partial charge < -0.3 is 24.0 Å². The van der Waals surface area contributed by atoms with Crippen molar-refractivity contribution in [3.63, 3.8) is 0 Å². The topological polar surface area (TPSA) is 101 Å². The lowest BCUT2D eigenvalue weighted by Crippen LogP contribution is -2.39. The number of piperidine rings is 1. The molecule has 9 nitrogen and oxygen atoms in total. The van der Waals surface area contributed by atoms with Crippen LogP contribution in [0.25, 0.3) is 11.3 Å². The number of pyridine rings is 2. The van der Waals surface area contributed by atoms with Gasteiger partial charge in [0.2, 0.25) is 0 Å². The molecule has 0 aliphatic carbocycles. The fraction of sp³-hybridized carbons (Fsp3) is 0.514. The van der Waals surface area contributed by atoms with Crippen LogP contribution in [-0.4, -0.2) is 60.9 Å². The number of nitriles is 1. The van der Waals surface area contributed by atoms with E-state index < -0.39 is 23.5 Å². The minimum atomic E-state index is -0.970. The van der Waals surface area contributed by atoms with Crippen LogP contribution in [0.1, 0.15) is 84.2 Å². The highest BCUT2D eigenvalue weighted by molar-refractivity contribution is 5.86. The Kier molecular flexibility index (Phi) is 11.1. The number of rotatable bonds is 11. The van der Waals surface area contributed by atoms with E-state index in [4.69, 9.17) is 24.2 Å². The van der Waals surface area contributed by atoms with E-state index in [9.17, 15) is 14.4 Å². The number of hydrogen-bond donors (Lipinski definition) is 0. The van der Waals surface area contributed by atoms with Gasteiger partial charge in [-0.25, -0.2) is 9.18 Å². The van der Waals surface area contributed by atoms with Crippen LogP contribution < -0.4 is 14.5 Å². The summed E-state index contributed by atoms with van der Waals surface area (Å²) < 4.78 is 31.5. The molecule has 0 spiro atoms. The molecule has 1 aliphatic heterocycles. The van der Waals surface area contributed by atoms with Gasteiger partial charge in [0.25, 0.3) is 0 Å². The molecule has 1 aromatic carbocycles. The van der Waals surface area contributed by atoms with E-state index >= 15 is 0 Å². The van der Waals surface area contributed by atoms with Crippen molar-refractivity contribution in [2.24, 2.45) is 5.41 Å². The number of esters is 1. The lowest BCUT2D eigenvalue weighted by molar-refractivity contribution is -0.171. The van der Waals surface area contributed by atoms with Gasteiger partial charge in [-0.05, 0) is 90.1 Å². The molecule has 252 valence electrons. The second-order valence-corrected chi connectivity index (χ2v) is 14.2. The van der Waals surface area contributed by atoms with Crippen molar-refractivity contribution in [1.82, 2.24) is 9.97 Å². The molecule has 0 saturated carbocycles. The summed E-state index contributed by atoms with van der Waals surface area (Å²) in [5.41, 5.74) is 4.49. The summed E-state index contributed by atoms with van der Waals surface area (Å²) in [6, 6.07) is 9.82. The Morgan fingerprint density at radius 1 is 1.13 bits per heavy atom. The molecule has 0 N–H and O–H groups in total. The van der Waals surface area contributed by atoms with Crippen LogP contribution in [0.15, 0.2) is 42.7 Å². The third kappa shape index (κ3) is 9.19. The number of carbonyl (C=O) groups is 1. The Morgan fingerprint density at radius 2 is 1.83 bits per heavy atom. The molecular formula is C37H48FN5O4. The van der Waals surface area contributed by atoms with Gasteiger partial charge in [0.1, 0.15) is 24.2 Å². The SMILES string of the molecule is Cc1ncc(-c2ccc(N(C)CCOc3ccc(F)cc3C#N)cn2)c(N2CCC(C)(C)CC2)c1[C@H](OC(C)(C)C)C(=O)OC(C)C. The first kappa shape index (κ1) is 35.6. The van der Waals surface area contributed by atoms with Crippen molar-refractivity contribution in [3.8, 4) is 23.1 Å². The standard InChI is InChI=1S/C37H48FN5O4/c1-24(2)46-35(44)34(47-36(4,5)6)32-25(3)40-23-29(33(32)43-16-14-37(7,8)15-17-43)30-12-11-28(22-41-30)42(9)18-19-45-31-13-10-27(38)20-26(31)21-39/h10-13,20,22-24,34H,14-19H2,1-9H3/t34-/m0/s1. The van der Waals surface area contributed by atoms with Crippen LogP contribution >= 0.6 is 0 Å². The van der Waals surface area contributed by atoms with Crippen molar-refractivity contribution in [3.05, 3.63) is 65.4 Å². The zero-order chi connectivity index (χ0) is 34.5. The van der Waals surface area contributed by atoms with E-state index in [0.717, 1.165) is 54.6 Å². The van der Waals surface area contributed by atoms with Crippen LogP contribution in [0.3, 0.4) is 0 Å². The molecule has 1 aliphatic rings. The van der Waals surface area contributed by atoms with Crippen LogP contribution in [0.5, 0.6) is 5.75 Å². The van der Waals surface area contributed by atoms with Crippen molar-refractivity contribution in [1.29, 1.82) is 5.26 Å². The fourth-order valence-corrected chi connectivity index (χ4v) is 5.57. The minimum absolute atomic E-state index is 0.158. The Bertz CT molecular complexity index is 1580. The van der Waals surface area contributed by atoms with Gasteiger partial charge in [0, 0.05) is 43.2 Å². The molecular weight excluding hydrogens is 597 g/mol. The monoisotopic (exact) mass is 645 g/mol. The van der Waals surface area contributed by atoms with Gasteiger partial charge in [0.15, 0.2) is 6.10 Å². The molecule has 1 saturated heterocycles. The molecule has 0 radical (unpaired) electrons. The molecule has 0 bridgehead atoms. The van der Waals surface area contributed by atoms with Gasteiger partial charge in [0.05, 0.1) is 47.1 Å². The number of aromatic nitrogens is 2. The summed E-state index contributed by atoms with van der Waals surface area (Å²) in [5.74, 6) is -0.573. The molecule has 3 heterocycles. The Hall–Kier alpha value is -4.23. The number of likely N-dealkylation sites (N-methyl/N-ethyl adjacent to an activating group) is 1. The van der Waals surface area contributed by atoms with Crippen molar-refractivity contribution < 1.29 is 23.4 Å². The smallest absolute Gasteiger partial charge is 0.340 e. The summed E-state index contributed by atoms with van der Waals surface area (Å²) in [6.45, 7) is 18.4. The van der Waals surface area contributed by atoms with Gasteiger partial charge in [-0.2, -0.15) is 5.26 Å². The number of aryl methyl sites for hydroxylation is 1. The third-order valence-electron chi connectivity index (χ3n) is 8.23. The van der Waals surface area contributed by atoms with Gasteiger partial charge in [-0.15, -0.1) is 0 Å². The molecule has 1 atom stereocenters. The molecule has 1 fully saturated rings. The van der Waals surface area contributed by atoms with Crippen LogP contribution in [0, 0.1) is 29.5 Å². The van der Waals surface area contributed by atoms with E-state index in [1.54, 1.807) is 6.20 Å². The highest BCUT2D eigenvalue weighted by Gasteiger charge is 2.37. The summed E-state index contributed by atoms with van der Waals surface area (Å²) in [5, 5.41) is 9.30. The maximum Gasteiger partial charge on any atom is 0.340 e. The predicted octanol–water partition coefficient (Wildman–Crippen LogP) is 7.41. The average molecular weight is 646 g/mol. The summed E-state index contributed by atoms with van der Waals surface area (Å²) in [7, 11) is 1.93.